The highest BCUT2D eigenvalue weighted by Crippen LogP contribution is 2.25. The zero-order chi connectivity index (χ0) is 12.4. The smallest absolute Gasteiger partial charge is 0.149 e. The van der Waals surface area contributed by atoms with Crippen molar-refractivity contribution in [1.29, 1.82) is 0 Å². The third kappa shape index (κ3) is 2.30. The Labute approximate surface area is 101 Å². The molecule has 2 aromatic rings. The molecule has 2 aromatic heterocycles. The van der Waals surface area contributed by atoms with E-state index in [2.05, 4.69) is 34.6 Å². The zero-order valence-electron chi connectivity index (χ0n) is 10.7. The third-order valence-corrected chi connectivity index (χ3v) is 2.58. The van der Waals surface area contributed by atoms with Gasteiger partial charge in [0.2, 0.25) is 0 Å². The molecule has 6 heteroatoms. The first-order valence-electron chi connectivity index (χ1n) is 5.80. The molecule has 1 N–H and O–H groups in total. The maximum Gasteiger partial charge on any atom is 0.149 e. The molecule has 0 aliphatic heterocycles. The molecule has 0 saturated carbocycles. The lowest BCUT2D eigenvalue weighted by Crippen LogP contribution is -2.04. The molecular formula is C11H18N6. The van der Waals surface area contributed by atoms with Crippen LogP contribution in [0.2, 0.25) is 0 Å². The average molecular weight is 234 g/mol. The Morgan fingerprint density at radius 3 is 2.82 bits per heavy atom. The Kier molecular flexibility index (Phi) is 3.12. The Balaban J connectivity index is 2.29. The summed E-state index contributed by atoms with van der Waals surface area (Å²) >= 11 is 0. The molecule has 0 unspecified atom stereocenters. The number of aromatic nitrogens is 5. The van der Waals surface area contributed by atoms with Crippen LogP contribution in [0.15, 0.2) is 12.4 Å². The first-order valence-corrected chi connectivity index (χ1v) is 5.80. The lowest BCUT2D eigenvalue weighted by molar-refractivity contribution is 0.633. The summed E-state index contributed by atoms with van der Waals surface area (Å²) in [5.41, 5.74) is 2.07. The van der Waals surface area contributed by atoms with E-state index in [1.165, 1.54) is 0 Å². The van der Waals surface area contributed by atoms with Crippen molar-refractivity contribution in [1.82, 2.24) is 24.8 Å². The minimum Gasteiger partial charge on any atom is -0.336 e. The van der Waals surface area contributed by atoms with Gasteiger partial charge in [0, 0.05) is 19.8 Å². The summed E-state index contributed by atoms with van der Waals surface area (Å²) in [6, 6.07) is 0. The summed E-state index contributed by atoms with van der Waals surface area (Å²) in [5.74, 6) is 1.27. The van der Waals surface area contributed by atoms with Crippen molar-refractivity contribution in [2.45, 2.75) is 33.2 Å². The summed E-state index contributed by atoms with van der Waals surface area (Å²) < 4.78 is 3.63. The second-order valence-electron chi connectivity index (χ2n) is 4.32. The number of nitrogens with zero attached hydrogens (tertiary/aromatic N) is 5. The van der Waals surface area contributed by atoms with Gasteiger partial charge < -0.3 is 5.32 Å². The highest BCUT2D eigenvalue weighted by molar-refractivity contribution is 5.58. The number of hydrogen-bond donors (Lipinski definition) is 1. The molecule has 0 atom stereocenters. The van der Waals surface area contributed by atoms with Crippen molar-refractivity contribution in [2.75, 3.05) is 5.32 Å². The normalized spacial score (nSPS) is 11.1. The van der Waals surface area contributed by atoms with Crippen LogP contribution in [0.4, 0.5) is 11.5 Å². The Bertz CT molecular complexity index is 496. The van der Waals surface area contributed by atoms with Crippen molar-refractivity contribution < 1.29 is 0 Å². The first kappa shape index (κ1) is 11.6. The van der Waals surface area contributed by atoms with Gasteiger partial charge in [-0.05, 0) is 12.8 Å². The summed E-state index contributed by atoms with van der Waals surface area (Å²) in [6.45, 7) is 7.08. The summed E-state index contributed by atoms with van der Waals surface area (Å²) in [4.78, 5) is 0. The van der Waals surface area contributed by atoms with Crippen LogP contribution in [0.25, 0.3) is 0 Å². The predicted molar refractivity (Wildman–Crippen MR) is 66.3 cm³/mol. The van der Waals surface area contributed by atoms with Gasteiger partial charge in [0.25, 0.3) is 0 Å². The summed E-state index contributed by atoms with van der Waals surface area (Å²) in [5, 5.41) is 15.7. The number of rotatable bonds is 4. The molecule has 0 aliphatic carbocycles. The topological polar surface area (TPSA) is 60.6 Å². The van der Waals surface area contributed by atoms with Crippen molar-refractivity contribution in [3.8, 4) is 0 Å². The minimum atomic E-state index is 0.379. The number of hydrogen-bond acceptors (Lipinski definition) is 4. The van der Waals surface area contributed by atoms with E-state index in [0.29, 0.717) is 5.92 Å². The van der Waals surface area contributed by atoms with Crippen LogP contribution in [0.3, 0.4) is 0 Å². The van der Waals surface area contributed by atoms with Crippen LogP contribution in [0.1, 0.15) is 32.4 Å². The van der Waals surface area contributed by atoms with Crippen LogP contribution in [0.5, 0.6) is 0 Å². The molecule has 0 radical (unpaired) electrons. The molecule has 0 aliphatic rings. The molecule has 0 bridgehead atoms. The lowest BCUT2D eigenvalue weighted by atomic mass is 10.1. The molecule has 6 nitrogen and oxygen atoms in total. The highest BCUT2D eigenvalue weighted by atomic mass is 15.5. The molecule has 0 aromatic carbocycles. The predicted octanol–water partition coefficient (Wildman–Crippen LogP) is 1.90. The van der Waals surface area contributed by atoms with E-state index in [0.717, 1.165) is 23.7 Å². The van der Waals surface area contributed by atoms with E-state index in [4.69, 9.17) is 0 Å². The van der Waals surface area contributed by atoms with E-state index in [-0.39, 0.29) is 0 Å². The molecule has 0 spiro atoms. The SMILES string of the molecule is CCn1nncc1Nc1cn(C)nc1C(C)C. The van der Waals surface area contributed by atoms with E-state index < -0.39 is 0 Å². The van der Waals surface area contributed by atoms with Crippen LogP contribution in [-0.4, -0.2) is 24.8 Å². The van der Waals surface area contributed by atoms with Gasteiger partial charge in [-0.2, -0.15) is 5.10 Å². The monoisotopic (exact) mass is 234 g/mol. The van der Waals surface area contributed by atoms with Crippen molar-refractivity contribution in [3.05, 3.63) is 18.1 Å². The van der Waals surface area contributed by atoms with Gasteiger partial charge >= 0.3 is 0 Å². The van der Waals surface area contributed by atoms with Gasteiger partial charge in [-0.1, -0.05) is 19.1 Å². The first-order chi connectivity index (χ1) is 8.11. The van der Waals surface area contributed by atoms with Crippen molar-refractivity contribution in [3.63, 3.8) is 0 Å². The van der Waals surface area contributed by atoms with Crippen LogP contribution in [-0.2, 0) is 13.6 Å². The van der Waals surface area contributed by atoms with Gasteiger partial charge in [0.15, 0.2) is 0 Å². The van der Waals surface area contributed by atoms with Gasteiger partial charge in [0.05, 0.1) is 17.6 Å². The minimum absolute atomic E-state index is 0.379. The molecule has 0 saturated heterocycles. The van der Waals surface area contributed by atoms with Gasteiger partial charge in [-0.3, -0.25) is 4.68 Å². The zero-order valence-corrected chi connectivity index (χ0v) is 10.7. The van der Waals surface area contributed by atoms with Crippen molar-refractivity contribution >= 4 is 11.5 Å². The molecular weight excluding hydrogens is 216 g/mol. The maximum atomic E-state index is 4.45. The molecule has 17 heavy (non-hydrogen) atoms. The molecule has 92 valence electrons. The average Bonchev–Trinajstić information content (AvgIpc) is 2.85. The lowest BCUT2D eigenvalue weighted by Gasteiger charge is -2.08. The maximum absolute atomic E-state index is 4.45. The molecule has 2 heterocycles. The highest BCUT2D eigenvalue weighted by Gasteiger charge is 2.13. The van der Waals surface area contributed by atoms with Crippen LogP contribution < -0.4 is 5.32 Å². The Morgan fingerprint density at radius 1 is 1.41 bits per heavy atom. The fourth-order valence-electron chi connectivity index (χ4n) is 1.75. The standard InChI is InChI=1S/C11H18N6/c1-5-17-10(6-12-15-17)13-9-7-16(4)14-11(9)8(2)3/h6-8,13H,5H2,1-4H3. The molecule has 0 fully saturated rings. The summed E-state index contributed by atoms with van der Waals surface area (Å²) in [7, 11) is 1.92. The Hall–Kier alpha value is -1.85. The van der Waals surface area contributed by atoms with Gasteiger partial charge in [0.1, 0.15) is 5.82 Å². The van der Waals surface area contributed by atoms with Gasteiger partial charge in [-0.25, -0.2) is 4.68 Å². The molecule has 0 amide bonds. The molecule has 2 rings (SSSR count). The third-order valence-electron chi connectivity index (χ3n) is 2.58. The summed E-state index contributed by atoms with van der Waals surface area (Å²) in [6.07, 6.45) is 3.70. The fraction of sp³-hybridized carbons (Fsp3) is 0.545. The fourth-order valence-corrected chi connectivity index (χ4v) is 1.75. The quantitative estimate of drug-likeness (QED) is 0.877. The Morgan fingerprint density at radius 2 is 2.18 bits per heavy atom. The number of anilines is 2. The van der Waals surface area contributed by atoms with Crippen LogP contribution >= 0.6 is 0 Å². The van der Waals surface area contributed by atoms with E-state index >= 15 is 0 Å². The van der Waals surface area contributed by atoms with E-state index in [1.54, 1.807) is 6.20 Å². The van der Waals surface area contributed by atoms with Crippen LogP contribution in [0, 0.1) is 0 Å². The van der Waals surface area contributed by atoms with Gasteiger partial charge in [-0.15, -0.1) is 5.10 Å². The van der Waals surface area contributed by atoms with Crippen molar-refractivity contribution in [2.24, 2.45) is 7.05 Å². The number of aryl methyl sites for hydroxylation is 2. The second kappa shape index (κ2) is 4.57. The largest absolute Gasteiger partial charge is 0.336 e. The van der Waals surface area contributed by atoms with E-state index in [1.807, 2.05) is 29.5 Å². The number of nitrogens with one attached hydrogen (secondary N) is 1. The van der Waals surface area contributed by atoms with E-state index in [9.17, 15) is 0 Å². The second-order valence-corrected chi connectivity index (χ2v) is 4.32.